The van der Waals surface area contributed by atoms with Crippen molar-refractivity contribution in [1.82, 2.24) is 9.88 Å². The average Bonchev–Trinajstić information content (AvgIpc) is 3.14. The summed E-state index contributed by atoms with van der Waals surface area (Å²) >= 11 is 6.01. The third-order valence-corrected chi connectivity index (χ3v) is 4.88. The zero-order valence-electron chi connectivity index (χ0n) is 11.9. The van der Waals surface area contributed by atoms with Crippen molar-refractivity contribution in [1.29, 1.82) is 0 Å². The highest BCUT2D eigenvalue weighted by Gasteiger charge is 2.32. The minimum atomic E-state index is 0.402. The third kappa shape index (κ3) is 2.68. The lowest BCUT2D eigenvalue weighted by molar-refractivity contribution is 0.0417. The molecule has 4 nitrogen and oxygen atoms in total. The van der Waals surface area contributed by atoms with E-state index >= 15 is 0 Å². The van der Waals surface area contributed by atoms with Crippen molar-refractivity contribution in [3.05, 3.63) is 29.1 Å². The number of hydrogen-bond acceptors (Lipinski definition) is 4. The quantitative estimate of drug-likeness (QED) is 0.852. The Morgan fingerprint density at radius 3 is 2.90 bits per heavy atom. The second-order valence-electron chi connectivity index (χ2n) is 5.99. The number of fused-ring (bicyclic) bond motifs is 1. The lowest BCUT2D eigenvalue weighted by Gasteiger charge is -2.30. The van der Waals surface area contributed by atoms with Gasteiger partial charge in [-0.25, -0.2) is 4.98 Å². The first-order chi connectivity index (χ1) is 10.3. The van der Waals surface area contributed by atoms with Gasteiger partial charge < -0.3 is 9.15 Å². The lowest BCUT2D eigenvalue weighted by Crippen LogP contribution is -2.37. The molecule has 2 aliphatic rings. The minimum Gasteiger partial charge on any atom is -0.440 e. The van der Waals surface area contributed by atoms with Gasteiger partial charge in [-0.2, -0.15) is 0 Å². The molecule has 2 saturated heterocycles. The van der Waals surface area contributed by atoms with Crippen LogP contribution in [-0.2, 0) is 4.74 Å². The molecule has 5 heteroatoms. The Balaban J connectivity index is 1.50. The first kappa shape index (κ1) is 13.6. The highest BCUT2D eigenvalue weighted by Crippen LogP contribution is 2.32. The van der Waals surface area contributed by atoms with Crippen LogP contribution in [0.5, 0.6) is 0 Å². The van der Waals surface area contributed by atoms with Crippen molar-refractivity contribution in [2.24, 2.45) is 0 Å². The molecule has 1 atom stereocenters. The van der Waals surface area contributed by atoms with Gasteiger partial charge in [0.1, 0.15) is 5.52 Å². The van der Waals surface area contributed by atoms with Gasteiger partial charge in [-0.3, -0.25) is 4.90 Å². The molecule has 112 valence electrons. The van der Waals surface area contributed by atoms with E-state index in [1.807, 2.05) is 18.2 Å². The summed E-state index contributed by atoms with van der Waals surface area (Å²) in [5.74, 6) is 1.26. The van der Waals surface area contributed by atoms with Gasteiger partial charge in [0.25, 0.3) is 0 Å². The van der Waals surface area contributed by atoms with Crippen molar-refractivity contribution >= 4 is 22.7 Å². The number of ether oxygens (including phenoxy) is 1. The number of hydrogen-bond donors (Lipinski definition) is 0. The van der Waals surface area contributed by atoms with Crippen LogP contribution >= 0.6 is 11.6 Å². The fourth-order valence-corrected chi connectivity index (χ4v) is 3.63. The molecule has 0 N–H and O–H groups in total. The largest absolute Gasteiger partial charge is 0.440 e. The lowest BCUT2D eigenvalue weighted by atomic mass is 10.1. The number of rotatable bonds is 2. The zero-order valence-corrected chi connectivity index (χ0v) is 12.7. The fraction of sp³-hybridized carbons (Fsp3) is 0.562. The van der Waals surface area contributed by atoms with Crippen molar-refractivity contribution in [3.8, 4) is 0 Å². The number of oxazole rings is 1. The Kier molecular flexibility index (Phi) is 3.61. The van der Waals surface area contributed by atoms with Gasteiger partial charge in [-0.1, -0.05) is 11.6 Å². The van der Waals surface area contributed by atoms with E-state index in [0.29, 0.717) is 17.0 Å². The molecule has 2 fully saturated rings. The molecule has 2 aliphatic heterocycles. The number of nitrogens with zero attached hydrogens (tertiary/aromatic N) is 2. The van der Waals surface area contributed by atoms with E-state index in [-0.39, 0.29) is 0 Å². The molecule has 1 aromatic heterocycles. The van der Waals surface area contributed by atoms with Crippen molar-refractivity contribution in [2.75, 3.05) is 26.3 Å². The summed E-state index contributed by atoms with van der Waals surface area (Å²) in [6.45, 7) is 3.97. The molecule has 2 aromatic rings. The first-order valence-electron chi connectivity index (χ1n) is 7.67. The predicted molar refractivity (Wildman–Crippen MR) is 81.8 cm³/mol. The maximum absolute atomic E-state index is 6.01. The second kappa shape index (κ2) is 5.59. The molecule has 0 radical (unpaired) electrons. The fourth-order valence-electron chi connectivity index (χ4n) is 3.46. The van der Waals surface area contributed by atoms with E-state index in [2.05, 4.69) is 9.88 Å². The topological polar surface area (TPSA) is 38.5 Å². The summed E-state index contributed by atoms with van der Waals surface area (Å²) in [6.07, 6.45) is 3.42. The Bertz CT molecular complexity index is 636. The first-order valence-corrected chi connectivity index (χ1v) is 8.05. The predicted octanol–water partition coefficient (Wildman–Crippen LogP) is 3.45. The Morgan fingerprint density at radius 1 is 1.19 bits per heavy atom. The van der Waals surface area contributed by atoms with Crippen LogP contribution in [0.4, 0.5) is 0 Å². The van der Waals surface area contributed by atoms with Crippen LogP contribution in [0, 0.1) is 0 Å². The minimum absolute atomic E-state index is 0.402. The van der Waals surface area contributed by atoms with E-state index < -0.39 is 0 Å². The molecule has 0 bridgehead atoms. The van der Waals surface area contributed by atoms with Crippen molar-refractivity contribution in [3.63, 3.8) is 0 Å². The van der Waals surface area contributed by atoms with Crippen LogP contribution in [0.2, 0.25) is 5.02 Å². The standard InChI is InChI=1S/C16H19ClN2O2/c17-12-1-2-15-14(9-12)18-16(21-15)11-3-6-19(10-11)13-4-7-20-8-5-13/h1-2,9,11,13H,3-8,10H2/t11-/m0/s1. The molecular weight excluding hydrogens is 288 g/mol. The molecule has 0 spiro atoms. The van der Waals surface area contributed by atoms with Gasteiger partial charge in [-0.05, 0) is 44.0 Å². The van der Waals surface area contributed by atoms with E-state index in [1.54, 1.807) is 0 Å². The highest BCUT2D eigenvalue weighted by molar-refractivity contribution is 6.31. The van der Waals surface area contributed by atoms with Gasteiger partial charge in [0.2, 0.25) is 0 Å². The molecule has 21 heavy (non-hydrogen) atoms. The molecule has 1 aromatic carbocycles. The van der Waals surface area contributed by atoms with Gasteiger partial charge in [0.05, 0.1) is 0 Å². The summed E-state index contributed by atoms with van der Waals surface area (Å²) in [4.78, 5) is 7.21. The summed E-state index contributed by atoms with van der Waals surface area (Å²) in [7, 11) is 0. The van der Waals surface area contributed by atoms with Crippen LogP contribution in [-0.4, -0.2) is 42.2 Å². The van der Waals surface area contributed by atoms with Gasteiger partial charge in [0.15, 0.2) is 11.5 Å². The number of benzene rings is 1. The molecule has 4 rings (SSSR count). The van der Waals surface area contributed by atoms with E-state index in [0.717, 1.165) is 62.6 Å². The van der Waals surface area contributed by atoms with Gasteiger partial charge >= 0.3 is 0 Å². The Labute approximate surface area is 129 Å². The van der Waals surface area contributed by atoms with Crippen LogP contribution < -0.4 is 0 Å². The maximum Gasteiger partial charge on any atom is 0.199 e. The van der Waals surface area contributed by atoms with Crippen molar-refractivity contribution in [2.45, 2.75) is 31.2 Å². The third-order valence-electron chi connectivity index (χ3n) is 4.64. The molecule has 0 unspecified atom stereocenters. The van der Waals surface area contributed by atoms with Crippen LogP contribution in [0.3, 0.4) is 0 Å². The summed E-state index contributed by atoms with van der Waals surface area (Å²) in [6, 6.07) is 6.29. The SMILES string of the molecule is Clc1ccc2oc([C@H]3CCN(C4CCOCC4)C3)nc2c1. The molecule has 0 aliphatic carbocycles. The summed E-state index contributed by atoms with van der Waals surface area (Å²) in [5.41, 5.74) is 1.70. The van der Waals surface area contributed by atoms with E-state index in [4.69, 9.17) is 20.8 Å². The van der Waals surface area contributed by atoms with E-state index in [1.165, 1.54) is 0 Å². The number of halogens is 1. The summed E-state index contributed by atoms with van der Waals surface area (Å²) in [5, 5.41) is 0.706. The smallest absolute Gasteiger partial charge is 0.199 e. The summed E-state index contributed by atoms with van der Waals surface area (Å²) < 4.78 is 11.4. The Hall–Kier alpha value is -1.10. The zero-order chi connectivity index (χ0) is 14.2. The molecular formula is C16H19ClN2O2. The average molecular weight is 307 g/mol. The number of aromatic nitrogens is 1. The van der Waals surface area contributed by atoms with E-state index in [9.17, 15) is 0 Å². The molecule has 0 saturated carbocycles. The monoisotopic (exact) mass is 306 g/mol. The second-order valence-corrected chi connectivity index (χ2v) is 6.42. The number of likely N-dealkylation sites (tertiary alicyclic amines) is 1. The normalized spacial score (nSPS) is 24.9. The molecule has 3 heterocycles. The van der Waals surface area contributed by atoms with Crippen molar-refractivity contribution < 1.29 is 9.15 Å². The Morgan fingerprint density at radius 2 is 2.05 bits per heavy atom. The van der Waals surface area contributed by atoms with Gasteiger partial charge in [-0.15, -0.1) is 0 Å². The highest BCUT2D eigenvalue weighted by atomic mass is 35.5. The van der Waals surface area contributed by atoms with Crippen LogP contribution in [0.25, 0.3) is 11.1 Å². The van der Waals surface area contributed by atoms with Crippen LogP contribution in [0.15, 0.2) is 22.6 Å². The van der Waals surface area contributed by atoms with Crippen LogP contribution in [0.1, 0.15) is 31.1 Å². The van der Waals surface area contributed by atoms with Gasteiger partial charge in [0, 0.05) is 36.7 Å². The molecule has 0 amide bonds. The maximum atomic E-state index is 6.01.